The van der Waals surface area contributed by atoms with Crippen molar-refractivity contribution in [3.63, 3.8) is 0 Å². The van der Waals surface area contributed by atoms with Gasteiger partial charge in [-0.1, -0.05) is 24.3 Å². The summed E-state index contributed by atoms with van der Waals surface area (Å²) in [6.45, 7) is -0.609. The summed E-state index contributed by atoms with van der Waals surface area (Å²) in [5.74, 6) is -1.04. The number of esters is 1. The number of hydrogen-bond acceptors (Lipinski definition) is 8. The van der Waals surface area contributed by atoms with E-state index in [1.165, 1.54) is 24.3 Å². The van der Waals surface area contributed by atoms with E-state index < -0.39 is 23.3 Å². The Morgan fingerprint density at radius 3 is 2.35 bits per heavy atom. The first-order chi connectivity index (χ1) is 14.8. The summed E-state index contributed by atoms with van der Waals surface area (Å²) in [6.07, 6.45) is 2.41. The van der Waals surface area contributed by atoms with Gasteiger partial charge in [0.25, 0.3) is 5.69 Å². The number of fused-ring (bicyclic) bond motifs is 1. The van der Waals surface area contributed by atoms with Gasteiger partial charge >= 0.3 is 5.97 Å². The van der Waals surface area contributed by atoms with Gasteiger partial charge < -0.3 is 14.5 Å². The third-order valence-corrected chi connectivity index (χ3v) is 4.69. The molecule has 9 nitrogen and oxygen atoms in total. The molecule has 0 amide bonds. The van der Waals surface area contributed by atoms with Crippen LogP contribution in [-0.2, 0) is 14.3 Å². The molecule has 2 aromatic carbocycles. The van der Waals surface area contributed by atoms with Crippen molar-refractivity contribution in [1.82, 2.24) is 0 Å². The smallest absolute Gasteiger partial charge is 0.331 e. The summed E-state index contributed by atoms with van der Waals surface area (Å²) in [4.78, 5) is 38.3. The van der Waals surface area contributed by atoms with Crippen molar-refractivity contribution >= 4 is 34.9 Å². The highest BCUT2D eigenvalue weighted by Crippen LogP contribution is 2.40. The molecule has 31 heavy (non-hydrogen) atoms. The molecule has 156 valence electrons. The summed E-state index contributed by atoms with van der Waals surface area (Å²) >= 11 is 0. The topological polar surface area (TPSA) is 117 Å². The number of hydrogen-bond donors (Lipinski definition) is 0. The number of non-ortho nitro benzene ring substituents is 1. The lowest BCUT2D eigenvalue weighted by atomic mass is 10.2. The van der Waals surface area contributed by atoms with Crippen LogP contribution in [0.3, 0.4) is 0 Å². The minimum Gasteiger partial charge on any atom is -0.454 e. The first-order valence-electron chi connectivity index (χ1n) is 9.17. The number of nitriles is 1. The Morgan fingerprint density at radius 1 is 1.13 bits per heavy atom. The number of rotatable bonds is 6. The molecule has 0 aromatic heterocycles. The maximum Gasteiger partial charge on any atom is 0.331 e. The Balaban J connectivity index is 1.69. The van der Waals surface area contributed by atoms with Crippen molar-refractivity contribution in [2.75, 3.05) is 30.5 Å². The van der Waals surface area contributed by atoms with Crippen molar-refractivity contribution in [1.29, 1.82) is 5.26 Å². The van der Waals surface area contributed by atoms with Gasteiger partial charge in [-0.25, -0.2) is 4.79 Å². The molecule has 0 saturated carbocycles. The van der Waals surface area contributed by atoms with Crippen LogP contribution >= 0.6 is 0 Å². The number of benzene rings is 2. The van der Waals surface area contributed by atoms with Crippen LogP contribution in [0.15, 0.2) is 66.0 Å². The van der Waals surface area contributed by atoms with Crippen LogP contribution < -0.4 is 9.80 Å². The van der Waals surface area contributed by atoms with Crippen LogP contribution in [0.1, 0.15) is 5.56 Å². The fraction of sp³-hybridized carbons (Fsp3) is 0.136. The second-order valence-electron chi connectivity index (χ2n) is 6.63. The van der Waals surface area contributed by atoms with Crippen LogP contribution in [0.5, 0.6) is 0 Å². The van der Waals surface area contributed by atoms with E-state index in [-0.39, 0.29) is 11.3 Å². The molecule has 0 spiro atoms. The van der Waals surface area contributed by atoms with Crippen molar-refractivity contribution in [3.05, 3.63) is 81.7 Å². The van der Waals surface area contributed by atoms with Crippen LogP contribution in [0, 0.1) is 21.4 Å². The number of ketones is 1. The van der Waals surface area contributed by atoms with Gasteiger partial charge in [-0.2, -0.15) is 5.26 Å². The molecule has 0 unspecified atom stereocenters. The van der Waals surface area contributed by atoms with Gasteiger partial charge in [-0.3, -0.25) is 14.9 Å². The summed E-state index contributed by atoms with van der Waals surface area (Å²) in [6, 6.07) is 15.1. The molecule has 9 heteroatoms. The zero-order chi connectivity index (χ0) is 22.5. The molecular formula is C22H18N4O5. The molecule has 2 aromatic rings. The van der Waals surface area contributed by atoms with Crippen molar-refractivity contribution in [3.8, 4) is 6.07 Å². The highest BCUT2D eigenvalue weighted by Gasteiger charge is 2.31. The Morgan fingerprint density at radius 2 is 1.77 bits per heavy atom. The van der Waals surface area contributed by atoms with Gasteiger partial charge in [-0.05, 0) is 23.8 Å². The number of anilines is 2. The molecule has 3 rings (SSSR count). The molecule has 1 heterocycles. The van der Waals surface area contributed by atoms with Gasteiger partial charge in [0, 0.05) is 32.3 Å². The van der Waals surface area contributed by atoms with Gasteiger partial charge in [0.2, 0.25) is 5.78 Å². The Bertz CT molecular complexity index is 1130. The summed E-state index contributed by atoms with van der Waals surface area (Å²) in [7, 11) is 3.49. The number of nitrogens with zero attached hydrogens (tertiary/aromatic N) is 4. The predicted molar refractivity (Wildman–Crippen MR) is 114 cm³/mol. The molecule has 0 fully saturated rings. The lowest BCUT2D eigenvalue weighted by molar-refractivity contribution is -0.384. The quantitative estimate of drug-likeness (QED) is 0.231. The monoisotopic (exact) mass is 418 g/mol. The maximum absolute atomic E-state index is 12.6. The minimum absolute atomic E-state index is 0.109. The molecular weight excluding hydrogens is 400 g/mol. The van der Waals surface area contributed by atoms with Crippen molar-refractivity contribution < 1.29 is 19.2 Å². The number of ether oxygens (including phenoxy) is 1. The van der Waals surface area contributed by atoms with E-state index in [1.807, 2.05) is 30.3 Å². The zero-order valence-electron chi connectivity index (χ0n) is 16.8. The fourth-order valence-corrected chi connectivity index (χ4v) is 3.22. The largest absolute Gasteiger partial charge is 0.454 e. The van der Waals surface area contributed by atoms with E-state index in [0.717, 1.165) is 17.5 Å². The van der Waals surface area contributed by atoms with Gasteiger partial charge in [0.05, 0.1) is 16.3 Å². The summed E-state index contributed by atoms with van der Waals surface area (Å²) in [5.41, 5.74) is 1.89. The molecule has 0 saturated heterocycles. The lowest BCUT2D eigenvalue weighted by Gasteiger charge is -2.19. The molecule has 0 aliphatic carbocycles. The SMILES string of the molecule is CN1C(=C(C#N)C(=O)COC(=O)/C=C/c2cccc([N+](=O)[O-])c2)N(C)c2ccccc21. The molecule has 1 aliphatic heterocycles. The van der Waals surface area contributed by atoms with Gasteiger partial charge in [-0.15, -0.1) is 0 Å². The third kappa shape index (κ3) is 4.43. The standard InChI is InChI=1S/C22H18N4O5/c1-24-18-8-3-4-9-19(18)25(2)22(24)17(13-23)20(27)14-31-21(28)11-10-15-6-5-7-16(12-15)26(29)30/h3-12H,14H2,1-2H3/b11-10+. The molecule has 0 radical (unpaired) electrons. The fourth-order valence-electron chi connectivity index (χ4n) is 3.22. The second kappa shape index (κ2) is 8.92. The molecule has 0 N–H and O–H groups in total. The zero-order valence-corrected chi connectivity index (χ0v) is 16.8. The Hall–Kier alpha value is -4.45. The number of para-hydroxylation sites is 2. The van der Waals surface area contributed by atoms with Crippen LogP contribution in [0.2, 0.25) is 0 Å². The number of nitro benzene ring substituents is 1. The number of carbonyl (C=O) groups is 2. The Kier molecular flexibility index (Phi) is 6.12. The highest BCUT2D eigenvalue weighted by molar-refractivity contribution is 6.04. The van der Waals surface area contributed by atoms with E-state index >= 15 is 0 Å². The van der Waals surface area contributed by atoms with E-state index in [4.69, 9.17) is 4.74 Å². The van der Waals surface area contributed by atoms with E-state index in [0.29, 0.717) is 11.4 Å². The molecule has 0 bridgehead atoms. The maximum atomic E-state index is 12.6. The second-order valence-corrected chi connectivity index (χ2v) is 6.63. The molecule has 1 aliphatic rings. The third-order valence-electron chi connectivity index (χ3n) is 4.69. The van der Waals surface area contributed by atoms with E-state index in [1.54, 1.807) is 30.0 Å². The number of Topliss-reactive ketones (excluding diaryl/α,β-unsaturated/α-hetero) is 1. The van der Waals surface area contributed by atoms with Crippen LogP contribution in [0.25, 0.3) is 6.08 Å². The van der Waals surface area contributed by atoms with Crippen molar-refractivity contribution in [2.24, 2.45) is 0 Å². The molecule has 0 atom stereocenters. The summed E-state index contributed by atoms with van der Waals surface area (Å²) in [5, 5.41) is 20.4. The normalized spacial score (nSPS) is 12.5. The first-order valence-corrected chi connectivity index (χ1v) is 9.17. The lowest BCUT2D eigenvalue weighted by Crippen LogP contribution is -2.27. The van der Waals surface area contributed by atoms with Gasteiger partial charge in [0.1, 0.15) is 17.5 Å². The first kappa shape index (κ1) is 21.3. The van der Waals surface area contributed by atoms with E-state index in [9.17, 15) is 25.0 Å². The Labute approximate surface area is 178 Å². The minimum atomic E-state index is -0.807. The number of nitro groups is 1. The highest BCUT2D eigenvalue weighted by atomic mass is 16.6. The van der Waals surface area contributed by atoms with Crippen LogP contribution in [-0.4, -0.2) is 37.4 Å². The van der Waals surface area contributed by atoms with Crippen molar-refractivity contribution in [2.45, 2.75) is 0 Å². The number of carbonyl (C=O) groups excluding carboxylic acids is 2. The average molecular weight is 418 g/mol. The average Bonchev–Trinajstić information content (AvgIpc) is 3.02. The van der Waals surface area contributed by atoms with Gasteiger partial charge in [0.15, 0.2) is 6.61 Å². The predicted octanol–water partition coefficient (Wildman–Crippen LogP) is 3.04. The van der Waals surface area contributed by atoms with Crippen LogP contribution in [0.4, 0.5) is 17.1 Å². The summed E-state index contributed by atoms with van der Waals surface area (Å²) < 4.78 is 4.96. The van der Waals surface area contributed by atoms with E-state index in [2.05, 4.69) is 0 Å².